The molecule has 3 N–H and O–H groups in total. The number of esters is 1. The van der Waals surface area contributed by atoms with Crippen molar-refractivity contribution in [3.8, 4) is 0 Å². The van der Waals surface area contributed by atoms with E-state index in [1.54, 1.807) is 18.7 Å². The maximum absolute atomic E-state index is 13.2. The summed E-state index contributed by atoms with van der Waals surface area (Å²) in [5, 5.41) is 26.9. The fraction of sp³-hybridized carbons (Fsp3) is 0.696. The SMILES string of the molecule is CCOC(=O)C1CN(C(=O)[C@@H]2C[C@H](SC3=C(C(=O)O)N4C(=O)[C@H]([C@@H](C)O)[C@H]4[C@H]3C)CN2)C/C1=N/OC. The number of likely N-dealkylation sites (tertiary alicyclic amines) is 1. The Kier molecular flexibility index (Phi) is 7.62. The number of rotatable bonds is 8. The Morgan fingerprint density at radius 3 is 2.67 bits per heavy atom. The summed E-state index contributed by atoms with van der Waals surface area (Å²) in [6.45, 7) is 6.15. The smallest absolute Gasteiger partial charge is 0.353 e. The van der Waals surface area contributed by atoms with Gasteiger partial charge in [0.25, 0.3) is 0 Å². The third-order valence-corrected chi connectivity index (χ3v) is 8.75. The highest BCUT2D eigenvalue weighted by molar-refractivity contribution is 8.03. The summed E-state index contributed by atoms with van der Waals surface area (Å²) in [5.74, 6) is -3.69. The maximum atomic E-state index is 13.2. The zero-order valence-electron chi connectivity index (χ0n) is 20.7. The normalized spacial score (nSPS) is 33.6. The van der Waals surface area contributed by atoms with E-state index in [1.807, 2.05) is 6.92 Å². The van der Waals surface area contributed by atoms with E-state index in [4.69, 9.17) is 9.57 Å². The summed E-state index contributed by atoms with van der Waals surface area (Å²) in [4.78, 5) is 58.5. The topological polar surface area (TPSA) is 158 Å². The summed E-state index contributed by atoms with van der Waals surface area (Å²) in [6, 6.07) is -0.873. The van der Waals surface area contributed by atoms with Crippen molar-refractivity contribution in [2.24, 2.45) is 22.9 Å². The summed E-state index contributed by atoms with van der Waals surface area (Å²) in [7, 11) is 1.38. The van der Waals surface area contributed by atoms with E-state index >= 15 is 0 Å². The van der Waals surface area contributed by atoms with Crippen molar-refractivity contribution in [1.82, 2.24) is 15.1 Å². The van der Waals surface area contributed by atoms with Crippen LogP contribution in [0.25, 0.3) is 0 Å². The molecular weight excluding hydrogens is 492 g/mol. The number of amides is 2. The number of aliphatic carboxylic acids is 1. The molecule has 4 heterocycles. The third kappa shape index (κ3) is 4.48. The van der Waals surface area contributed by atoms with Crippen LogP contribution in [0.1, 0.15) is 27.2 Å². The summed E-state index contributed by atoms with van der Waals surface area (Å²) < 4.78 is 5.11. The predicted molar refractivity (Wildman–Crippen MR) is 129 cm³/mol. The van der Waals surface area contributed by atoms with Gasteiger partial charge in [0.05, 0.1) is 43.0 Å². The molecule has 36 heavy (non-hydrogen) atoms. The molecule has 1 unspecified atom stereocenters. The van der Waals surface area contributed by atoms with E-state index in [1.165, 1.54) is 23.8 Å². The Labute approximate surface area is 213 Å². The van der Waals surface area contributed by atoms with Gasteiger partial charge in [-0.15, -0.1) is 11.8 Å². The number of carbonyl (C=O) groups excluding carboxylic acids is 3. The van der Waals surface area contributed by atoms with Crippen LogP contribution in [0, 0.1) is 17.8 Å². The predicted octanol–water partition coefficient (Wildman–Crippen LogP) is -0.372. The lowest BCUT2D eigenvalue weighted by molar-refractivity contribution is -0.163. The molecule has 3 fully saturated rings. The van der Waals surface area contributed by atoms with Crippen LogP contribution in [0.5, 0.6) is 0 Å². The van der Waals surface area contributed by atoms with Gasteiger partial charge in [-0.3, -0.25) is 14.4 Å². The number of carbonyl (C=O) groups is 4. The quantitative estimate of drug-likeness (QED) is 0.217. The fourth-order valence-corrected chi connectivity index (χ4v) is 7.07. The number of oxime groups is 1. The molecule has 12 nitrogen and oxygen atoms in total. The number of hydrogen-bond acceptors (Lipinski definition) is 10. The van der Waals surface area contributed by atoms with Crippen LogP contribution in [0.3, 0.4) is 0 Å². The molecule has 0 saturated carbocycles. The zero-order valence-corrected chi connectivity index (χ0v) is 21.5. The molecule has 4 rings (SSSR count). The number of hydrogen-bond donors (Lipinski definition) is 3. The molecule has 0 aromatic heterocycles. The highest BCUT2D eigenvalue weighted by Crippen LogP contribution is 2.51. The number of ether oxygens (including phenoxy) is 1. The minimum absolute atomic E-state index is 0.0218. The van der Waals surface area contributed by atoms with Crippen molar-refractivity contribution in [1.29, 1.82) is 0 Å². The van der Waals surface area contributed by atoms with Crippen LogP contribution in [-0.4, -0.2) is 106 Å². The minimum Gasteiger partial charge on any atom is -0.477 e. The number of nitrogens with zero attached hydrogens (tertiary/aromatic N) is 3. The third-order valence-electron chi connectivity index (χ3n) is 7.24. The van der Waals surface area contributed by atoms with E-state index in [-0.39, 0.29) is 54.4 Å². The van der Waals surface area contributed by atoms with Gasteiger partial charge < -0.3 is 34.9 Å². The van der Waals surface area contributed by atoms with Crippen molar-refractivity contribution in [3.05, 3.63) is 10.6 Å². The van der Waals surface area contributed by atoms with Crippen molar-refractivity contribution >= 4 is 41.2 Å². The van der Waals surface area contributed by atoms with Gasteiger partial charge in [-0.1, -0.05) is 12.1 Å². The second-order valence-electron chi connectivity index (χ2n) is 9.50. The Bertz CT molecular complexity index is 1010. The number of β-lactam (4-membered cyclic amide) rings is 1. The Hall–Kier alpha value is -2.64. The van der Waals surface area contributed by atoms with Gasteiger partial charge in [0, 0.05) is 29.2 Å². The van der Waals surface area contributed by atoms with Crippen LogP contribution in [0.2, 0.25) is 0 Å². The van der Waals surface area contributed by atoms with Crippen LogP contribution >= 0.6 is 11.8 Å². The first-order valence-corrected chi connectivity index (χ1v) is 12.9. The summed E-state index contributed by atoms with van der Waals surface area (Å²) >= 11 is 1.38. The largest absolute Gasteiger partial charge is 0.477 e. The molecule has 0 aromatic carbocycles. The molecular formula is C23H32N4O8S. The van der Waals surface area contributed by atoms with Gasteiger partial charge in [-0.25, -0.2) is 4.79 Å². The molecule has 7 atom stereocenters. The second-order valence-corrected chi connectivity index (χ2v) is 10.8. The Morgan fingerprint density at radius 1 is 1.33 bits per heavy atom. The van der Waals surface area contributed by atoms with Crippen molar-refractivity contribution in [2.75, 3.05) is 33.4 Å². The van der Waals surface area contributed by atoms with E-state index in [2.05, 4.69) is 10.5 Å². The van der Waals surface area contributed by atoms with Gasteiger partial charge in [0.2, 0.25) is 11.8 Å². The highest BCUT2D eigenvalue weighted by Gasteiger charge is 2.60. The standard InChI is InChI=1S/C23H32N4O8S/c1-5-35-23(33)13-8-26(9-15(13)25-34-4)20(29)14-6-12(7-24-14)36-19-10(2)17-16(11(3)28)21(30)27(17)18(19)22(31)32/h10-14,16-17,24,28H,5-9H2,1-4H3,(H,31,32)/b25-15-/t10-,11-,12+,13?,14+,16-,17-/m1/s1. The number of aliphatic hydroxyl groups is 1. The first-order valence-electron chi connectivity index (χ1n) is 12.0. The molecule has 0 aromatic rings. The van der Waals surface area contributed by atoms with Crippen molar-refractivity contribution in [3.63, 3.8) is 0 Å². The molecule has 3 saturated heterocycles. The Morgan fingerprint density at radius 2 is 2.06 bits per heavy atom. The van der Waals surface area contributed by atoms with Gasteiger partial charge in [0.15, 0.2) is 0 Å². The molecule has 4 aliphatic heterocycles. The van der Waals surface area contributed by atoms with Crippen LogP contribution in [-0.2, 0) is 28.8 Å². The monoisotopic (exact) mass is 524 g/mol. The van der Waals surface area contributed by atoms with E-state index in [0.29, 0.717) is 23.6 Å². The number of nitrogens with one attached hydrogen (secondary N) is 1. The van der Waals surface area contributed by atoms with E-state index in [9.17, 15) is 29.4 Å². The second kappa shape index (κ2) is 10.4. The van der Waals surface area contributed by atoms with Crippen molar-refractivity contribution < 1.29 is 39.0 Å². The molecule has 198 valence electrons. The van der Waals surface area contributed by atoms with Crippen molar-refractivity contribution in [2.45, 2.75) is 50.6 Å². The van der Waals surface area contributed by atoms with Gasteiger partial charge >= 0.3 is 11.9 Å². The average Bonchev–Trinajstić information content (AvgIpc) is 3.50. The minimum atomic E-state index is -1.17. The lowest BCUT2D eigenvalue weighted by atomic mass is 9.79. The fourth-order valence-electron chi connectivity index (χ4n) is 5.59. The van der Waals surface area contributed by atoms with E-state index in [0.717, 1.165) is 0 Å². The lowest BCUT2D eigenvalue weighted by Gasteiger charge is -2.46. The molecule has 4 aliphatic rings. The molecule has 0 aliphatic carbocycles. The molecule has 0 spiro atoms. The van der Waals surface area contributed by atoms with Crippen LogP contribution in [0.4, 0.5) is 0 Å². The maximum Gasteiger partial charge on any atom is 0.353 e. The van der Waals surface area contributed by atoms with Gasteiger partial charge in [0.1, 0.15) is 18.7 Å². The number of aliphatic hydroxyl groups excluding tert-OH is 1. The first kappa shape index (κ1) is 26.4. The number of thioether (sulfide) groups is 1. The number of carboxylic acid groups (broad SMARTS) is 1. The number of fused-ring (bicyclic) bond motifs is 1. The molecule has 13 heteroatoms. The van der Waals surface area contributed by atoms with Gasteiger partial charge in [-0.2, -0.15) is 0 Å². The molecule has 2 amide bonds. The van der Waals surface area contributed by atoms with E-state index < -0.39 is 35.9 Å². The average molecular weight is 525 g/mol. The summed E-state index contributed by atoms with van der Waals surface area (Å²) in [5.41, 5.74) is 0.414. The molecule has 0 bridgehead atoms. The lowest BCUT2D eigenvalue weighted by Crippen LogP contribution is -2.63. The number of carboxylic acids is 1. The van der Waals surface area contributed by atoms with Crippen LogP contribution < -0.4 is 5.32 Å². The first-order chi connectivity index (χ1) is 17.1. The highest BCUT2D eigenvalue weighted by atomic mass is 32.2. The Balaban J connectivity index is 1.43. The molecule has 0 radical (unpaired) electrons. The van der Waals surface area contributed by atoms with Gasteiger partial charge in [-0.05, 0) is 20.3 Å². The zero-order chi connectivity index (χ0) is 26.3. The summed E-state index contributed by atoms with van der Waals surface area (Å²) in [6.07, 6.45) is -0.399. The van der Waals surface area contributed by atoms with Crippen LogP contribution in [0.15, 0.2) is 15.8 Å².